The van der Waals surface area contributed by atoms with Crippen LogP contribution in [-0.2, 0) is 0 Å². The second-order valence-electron chi connectivity index (χ2n) is 14.3. The highest BCUT2D eigenvalue weighted by Crippen LogP contribution is 2.63. The summed E-state index contributed by atoms with van der Waals surface area (Å²) in [6.07, 6.45) is 13.3. The third-order valence-corrected chi connectivity index (χ3v) is 11.8. The summed E-state index contributed by atoms with van der Waals surface area (Å²) in [5, 5.41) is 22.6. The van der Waals surface area contributed by atoms with Gasteiger partial charge in [-0.25, -0.2) is 0 Å². The summed E-state index contributed by atoms with van der Waals surface area (Å²) >= 11 is 0. The monoisotopic (exact) mass is 498 g/mol. The number of hydrogen-bond donors (Lipinski definition) is 2. The minimum absolute atomic E-state index is 0.134. The molecule has 0 aromatic carbocycles. The molecule has 5 aliphatic rings. The molecule has 2 N–H and O–H groups in total. The smallest absolute Gasteiger partial charge is 0.0725 e. The van der Waals surface area contributed by atoms with E-state index in [0.29, 0.717) is 17.9 Å². The standard InChI is InChI=1S/C32H54N2O2/c1-21-7-10-30(34(20-21)16-15-33(5)6)23(3)32(36)14-12-26-27-9-8-24-17-25(35)11-13-31(24,4)29(27)18-28(26)22(2)19-32/h8,21,23,25-27,29-30,35-36H,7,9-20H2,1-6H3. The van der Waals surface area contributed by atoms with Gasteiger partial charge in [-0.15, -0.1) is 0 Å². The van der Waals surface area contributed by atoms with Crippen LogP contribution in [0.1, 0.15) is 91.9 Å². The largest absolute Gasteiger partial charge is 0.393 e. The van der Waals surface area contributed by atoms with E-state index in [0.717, 1.165) is 69.4 Å². The van der Waals surface area contributed by atoms with Gasteiger partial charge in [0.25, 0.3) is 0 Å². The second kappa shape index (κ2) is 10.1. The van der Waals surface area contributed by atoms with Crippen molar-refractivity contribution in [1.29, 1.82) is 0 Å². The molecule has 0 aromatic rings. The Labute approximate surface area is 221 Å². The normalized spacial score (nSPS) is 44.5. The molecule has 2 saturated carbocycles. The number of nitrogens with zero attached hydrogens (tertiary/aromatic N) is 2. The summed E-state index contributed by atoms with van der Waals surface area (Å²) in [4.78, 5) is 5.01. The molecular formula is C32H54N2O2. The van der Waals surface area contributed by atoms with Crippen molar-refractivity contribution in [2.75, 3.05) is 33.7 Å². The summed E-state index contributed by atoms with van der Waals surface area (Å²) in [7, 11) is 4.34. The zero-order valence-electron chi connectivity index (χ0n) is 24.1. The van der Waals surface area contributed by atoms with Gasteiger partial charge in [0.1, 0.15) is 0 Å². The number of rotatable bonds is 5. The van der Waals surface area contributed by atoms with E-state index in [1.807, 2.05) is 0 Å². The number of aliphatic hydroxyl groups is 2. The Hall–Kier alpha value is -0.680. The first-order valence-electron chi connectivity index (χ1n) is 15.2. The first kappa shape index (κ1) is 26.9. The van der Waals surface area contributed by atoms with Crippen LogP contribution in [-0.4, -0.2) is 71.5 Å². The maximum atomic E-state index is 12.3. The van der Waals surface area contributed by atoms with Gasteiger partial charge in [0.05, 0.1) is 11.7 Å². The number of likely N-dealkylation sites (tertiary alicyclic amines) is 1. The third-order valence-electron chi connectivity index (χ3n) is 11.8. The summed E-state index contributed by atoms with van der Waals surface area (Å²) < 4.78 is 0. The number of fused-ring (bicyclic) bond motifs is 5. The fourth-order valence-electron chi connectivity index (χ4n) is 9.45. The van der Waals surface area contributed by atoms with E-state index >= 15 is 0 Å². The Morgan fingerprint density at radius 2 is 1.92 bits per heavy atom. The number of aliphatic hydroxyl groups excluding tert-OH is 1. The van der Waals surface area contributed by atoms with Gasteiger partial charge in [-0.1, -0.05) is 43.6 Å². The van der Waals surface area contributed by atoms with Gasteiger partial charge in [-0.3, -0.25) is 4.90 Å². The Morgan fingerprint density at radius 1 is 1.14 bits per heavy atom. The van der Waals surface area contributed by atoms with Crippen molar-refractivity contribution >= 4 is 0 Å². The molecule has 1 aliphatic heterocycles. The van der Waals surface area contributed by atoms with Gasteiger partial charge in [0.15, 0.2) is 0 Å². The molecule has 9 atom stereocenters. The highest BCUT2D eigenvalue weighted by molar-refractivity contribution is 5.33. The summed E-state index contributed by atoms with van der Waals surface area (Å²) in [5.74, 6) is 3.15. The van der Waals surface area contributed by atoms with Gasteiger partial charge < -0.3 is 15.1 Å². The molecule has 9 unspecified atom stereocenters. The Balaban J connectivity index is 1.35. The van der Waals surface area contributed by atoms with Crippen molar-refractivity contribution in [3.63, 3.8) is 0 Å². The van der Waals surface area contributed by atoms with Crippen molar-refractivity contribution < 1.29 is 10.2 Å². The van der Waals surface area contributed by atoms with E-state index in [9.17, 15) is 10.2 Å². The summed E-state index contributed by atoms with van der Waals surface area (Å²) in [6.45, 7) is 13.0. The Bertz CT molecular complexity index is 879. The molecule has 4 aliphatic carbocycles. The van der Waals surface area contributed by atoms with Gasteiger partial charge in [0, 0.05) is 31.6 Å². The minimum Gasteiger partial charge on any atom is -0.393 e. The molecule has 204 valence electrons. The number of allylic oxidation sites excluding steroid dienone is 2. The molecule has 36 heavy (non-hydrogen) atoms. The van der Waals surface area contributed by atoms with Crippen molar-refractivity contribution in [3.8, 4) is 0 Å². The molecule has 5 rings (SSSR count). The van der Waals surface area contributed by atoms with Crippen molar-refractivity contribution in [1.82, 2.24) is 9.80 Å². The van der Waals surface area contributed by atoms with Gasteiger partial charge in [-0.05, 0) is 114 Å². The molecule has 4 nitrogen and oxygen atoms in total. The van der Waals surface area contributed by atoms with Crippen LogP contribution in [0.5, 0.6) is 0 Å². The number of hydrogen-bond acceptors (Lipinski definition) is 4. The lowest BCUT2D eigenvalue weighted by molar-refractivity contribution is -0.0697. The second-order valence-corrected chi connectivity index (χ2v) is 14.3. The van der Waals surface area contributed by atoms with E-state index in [1.54, 1.807) is 11.1 Å². The number of piperidine rings is 1. The first-order valence-corrected chi connectivity index (χ1v) is 15.2. The van der Waals surface area contributed by atoms with Crippen LogP contribution in [0.25, 0.3) is 0 Å². The van der Waals surface area contributed by atoms with Crippen molar-refractivity contribution in [2.45, 2.75) is 110 Å². The van der Waals surface area contributed by atoms with Crippen molar-refractivity contribution in [3.05, 3.63) is 22.8 Å². The molecule has 0 aromatic heterocycles. The van der Waals surface area contributed by atoms with Crippen LogP contribution >= 0.6 is 0 Å². The molecule has 1 saturated heterocycles. The SMILES string of the molecule is CC1=C2CC3C(CC=C4CC(O)CCC43C)C2CCC(O)(C(C)C2CCC(C)CN2CCN(C)C)C1. The molecule has 4 heteroatoms. The fourth-order valence-corrected chi connectivity index (χ4v) is 9.45. The molecule has 1 heterocycles. The van der Waals surface area contributed by atoms with E-state index in [-0.39, 0.29) is 11.5 Å². The van der Waals surface area contributed by atoms with E-state index in [1.165, 1.54) is 37.8 Å². The lowest BCUT2D eigenvalue weighted by Gasteiger charge is -2.49. The summed E-state index contributed by atoms with van der Waals surface area (Å²) in [5.41, 5.74) is 4.44. The van der Waals surface area contributed by atoms with Gasteiger partial charge in [0.2, 0.25) is 0 Å². The fraction of sp³-hybridized carbons (Fsp3) is 0.875. The van der Waals surface area contributed by atoms with Crippen LogP contribution in [0.4, 0.5) is 0 Å². The van der Waals surface area contributed by atoms with Crippen LogP contribution in [0.3, 0.4) is 0 Å². The summed E-state index contributed by atoms with van der Waals surface area (Å²) in [6, 6.07) is 0.488. The maximum Gasteiger partial charge on any atom is 0.0725 e. The quantitative estimate of drug-likeness (QED) is 0.481. The topological polar surface area (TPSA) is 46.9 Å². The van der Waals surface area contributed by atoms with Crippen molar-refractivity contribution in [2.24, 2.45) is 35.0 Å². The van der Waals surface area contributed by atoms with E-state index in [4.69, 9.17) is 0 Å². The van der Waals surface area contributed by atoms with E-state index in [2.05, 4.69) is 57.7 Å². The van der Waals surface area contributed by atoms with Gasteiger partial charge >= 0.3 is 0 Å². The van der Waals surface area contributed by atoms with Crippen LogP contribution < -0.4 is 0 Å². The molecule has 0 bridgehead atoms. The Kier molecular flexibility index (Phi) is 7.57. The molecule has 0 spiro atoms. The number of likely N-dealkylation sites (N-methyl/N-ethyl adjacent to an activating group) is 1. The minimum atomic E-state index is -0.590. The molecule has 3 fully saturated rings. The van der Waals surface area contributed by atoms with Crippen LogP contribution in [0.15, 0.2) is 22.8 Å². The molecular weight excluding hydrogens is 444 g/mol. The predicted octanol–water partition coefficient (Wildman–Crippen LogP) is 5.65. The van der Waals surface area contributed by atoms with Gasteiger partial charge in [-0.2, -0.15) is 0 Å². The predicted molar refractivity (Wildman–Crippen MR) is 149 cm³/mol. The highest BCUT2D eigenvalue weighted by Gasteiger charge is 2.54. The third kappa shape index (κ3) is 4.78. The average Bonchev–Trinajstić information content (AvgIpc) is 3.16. The lowest BCUT2D eigenvalue weighted by Crippen LogP contribution is -2.54. The molecule has 0 amide bonds. The maximum absolute atomic E-state index is 12.3. The zero-order valence-corrected chi connectivity index (χ0v) is 24.1. The van der Waals surface area contributed by atoms with Crippen LogP contribution in [0.2, 0.25) is 0 Å². The van der Waals surface area contributed by atoms with E-state index < -0.39 is 5.60 Å². The van der Waals surface area contributed by atoms with Crippen LogP contribution in [0, 0.1) is 35.0 Å². The molecule has 0 radical (unpaired) electrons. The Morgan fingerprint density at radius 3 is 2.67 bits per heavy atom. The zero-order chi connectivity index (χ0) is 25.8. The average molecular weight is 499 g/mol. The lowest BCUT2D eigenvalue weighted by atomic mass is 9.56. The highest BCUT2D eigenvalue weighted by atomic mass is 16.3. The first-order chi connectivity index (χ1) is 17.0.